The highest BCUT2D eigenvalue weighted by Gasteiger charge is 2.15. The molecule has 5 heteroatoms. The Morgan fingerprint density at radius 3 is 2.41 bits per heavy atom. The molecule has 2 atom stereocenters. The van der Waals surface area contributed by atoms with Gasteiger partial charge in [-0.15, -0.1) is 0 Å². The number of benzene rings is 1. The van der Waals surface area contributed by atoms with E-state index in [1.165, 1.54) is 11.1 Å². The molecule has 0 aromatic heterocycles. The molecule has 0 saturated carbocycles. The second-order valence-corrected chi connectivity index (χ2v) is 5.84. The van der Waals surface area contributed by atoms with E-state index in [1.54, 1.807) is 0 Å². The molecular weight excluding hydrogens is 278 g/mol. The van der Waals surface area contributed by atoms with Crippen molar-refractivity contribution in [1.82, 2.24) is 15.5 Å². The summed E-state index contributed by atoms with van der Waals surface area (Å²) in [5, 5.41) is 14.6. The fourth-order valence-electron chi connectivity index (χ4n) is 2.30. The Bertz CT molecular complexity index is 446. The predicted octanol–water partition coefficient (Wildman–Crippen LogP) is 1.92. The van der Waals surface area contributed by atoms with E-state index in [-0.39, 0.29) is 24.7 Å². The Kier molecular flexibility index (Phi) is 7.91. The fourth-order valence-corrected chi connectivity index (χ4v) is 2.30. The molecule has 0 saturated heterocycles. The van der Waals surface area contributed by atoms with E-state index in [0.29, 0.717) is 13.0 Å². The number of hydrogen-bond acceptors (Lipinski definition) is 3. The zero-order valence-corrected chi connectivity index (χ0v) is 14.1. The Hall–Kier alpha value is -1.59. The highest BCUT2D eigenvalue weighted by atomic mass is 16.3. The summed E-state index contributed by atoms with van der Waals surface area (Å²) < 4.78 is 0. The minimum absolute atomic E-state index is 0.0355. The van der Waals surface area contributed by atoms with Crippen LogP contribution in [0.5, 0.6) is 0 Å². The average Bonchev–Trinajstić information content (AvgIpc) is 2.48. The van der Waals surface area contributed by atoms with Crippen molar-refractivity contribution in [3.05, 3.63) is 35.4 Å². The summed E-state index contributed by atoms with van der Waals surface area (Å²) in [5.41, 5.74) is 2.50. The molecule has 0 aliphatic heterocycles. The third-order valence-electron chi connectivity index (χ3n) is 3.79. The van der Waals surface area contributed by atoms with Crippen molar-refractivity contribution in [3.8, 4) is 0 Å². The van der Waals surface area contributed by atoms with Gasteiger partial charge in [0.15, 0.2) is 0 Å². The largest absolute Gasteiger partial charge is 0.396 e. The fraction of sp³-hybridized carbons (Fsp3) is 0.588. The molecule has 5 nitrogen and oxygen atoms in total. The van der Waals surface area contributed by atoms with Crippen molar-refractivity contribution in [3.63, 3.8) is 0 Å². The SMILES string of the molecule is CCc1ccc(C(CNC(=O)N[C@H](C)CCO)N(C)C)cc1. The third kappa shape index (κ3) is 6.03. The number of nitrogens with one attached hydrogen (secondary N) is 2. The molecule has 22 heavy (non-hydrogen) atoms. The van der Waals surface area contributed by atoms with E-state index in [4.69, 9.17) is 5.11 Å². The lowest BCUT2D eigenvalue weighted by Crippen LogP contribution is -2.44. The average molecular weight is 307 g/mol. The number of hydrogen-bond donors (Lipinski definition) is 3. The van der Waals surface area contributed by atoms with E-state index in [0.717, 1.165) is 6.42 Å². The zero-order chi connectivity index (χ0) is 16.5. The molecule has 0 aliphatic rings. The van der Waals surface area contributed by atoms with Gasteiger partial charge < -0.3 is 20.6 Å². The number of aliphatic hydroxyl groups is 1. The first kappa shape index (κ1) is 18.5. The number of rotatable bonds is 8. The normalized spacial score (nSPS) is 13.7. The number of carbonyl (C=O) groups excluding carboxylic acids is 1. The summed E-state index contributed by atoms with van der Waals surface area (Å²) in [6, 6.07) is 8.41. The Labute approximate surface area is 133 Å². The maximum atomic E-state index is 11.9. The molecule has 3 N–H and O–H groups in total. The molecular formula is C17H29N3O2. The van der Waals surface area contributed by atoms with Crippen LogP contribution >= 0.6 is 0 Å². The van der Waals surface area contributed by atoms with Crippen molar-refractivity contribution in [2.75, 3.05) is 27.2 Å². The summed E-state index contributed by atoms with van der Waals surface area (Å²) in [7, 11) is 4.01. The molecule has 1 unspecified atom stereocenters. The van der Waals surface area contributed by atoms with Gasteiger partial charge in [0.2, 0.25) is 0 Å². The van der Waals surface area contributed by atoms with Gasteiger partial charge in [-0.3, -0.25) is 0 Å². The molecule has 1 aromatic rings. The van der Waals surface area contributed by atoms with E-state index in [2.05, 4.69) is 46.7 Å². The van der Waals surface area contributed by atoms with E-state index in [9.17, 15) is 4.79 Å². The highest BCUT2D eigenvalue weighted by Crippen LogP contribution is 2.18. The van der Waals surface area contributed by atoms with Crippen LogP contribution in [0.15, 0.2) is 24.3 Å². The molecule has 1 rings (SSSR count). The van der Waals surface area contributed by atoms with Crippen molar-refractivity contribution in [2.24, 2.45) is 0 Å². The number of likely N-dealkylation sites (N-methyl/N-ethyl adjacent to an activating group) is 1. The molecule has 124 valence electrons. The molecule has 1 aromatic carbocycles. The van der Waals surface area contributed by atoms with Crippen LogP contribution < -0.4 is 10.6 Å². The minimum atomic E-state index is -0.196. The number of aliphatic hydroxyl groups excluding tert-OH is 1. The van der Waals surface area contributed by atoms with Crippen LogP contribution in [0.3, 0.4) is 0 Å². The lowest BCUT2D eigenvalue weighted by Gasteiger charge is -2.25. The number of amides is 2. The lowest BCUT2D eigenvalue weighted by atomic mass is 10.0. The Morgan fingerprint density at radius 2 is 1.91 bits per heavy atom. The van der Waals surface area contributed by atoms with Crippen LogP contribution in [-0.4, -0.2) is 49.3 Å². The zero-order valence-electron chi connectivity index (χ0n) is 14.1. The monoisotopic (exact) mass is 307 g/mol. The van der Waals surface area contributed by atoms with Crippen LogP contribution in [0.1, 0.15) is 37.4 Å². The Balaban J connectivity index is 2.59. The Morgan fingerprint density at radius 1 is 1.27 bits per heavy atom. The summed E-state index contributed by atoms with van der Waals surface area (Å²) >= 11 is 0. The second-order valence-electron chi connectivity index (χ2n) is 5.84. The lowest BCUT2D eigenvalue weighted by molar-refractivity contribution is 0.224. The van der Waals surface area contributed by atoms with Gasteiger partial charge in [-0.25, -0.2) is 4.79 Å². The van der Waals surface area contributed by atoms with Crippen LogP contribution in [-0.2, 0) is 6.42 Å². The van der Waals surface area contributed by atoms with Gasteiger partial charge in [0.1, 0.15) is 0 Å². The molecule has 0 spiro atoms. The van der Waals surface area contributed by atoms with Crippen LogP contribution in [0.25, 0.3) is 0 Å². The molecule has 0 radical (unpaired) electrons. The standard InChI is InChI=1S/C17H29N3O2/c1-5-14-6-8-15(9-7-14)16(20(3)4)12-18-17(22)19-13(2)10-11-21/h6-9,13,16,21H,5,10-12H2,1-4H3,(H2,18,19,22)/t13-,16?/m1/s1. The molecule has 0 bridgehead atoms. The van der Waals surface area contributed by atoms with Gasteiger partial charge >= 0.3 is 6.03 Å². The van der Waals surface area contributed by atoms with Gasteiger partial charge in [0.25, 0.3) is 0 Å². The smallest absolute Gasteiger partial charge is 0.315 e. The van der Waals surface area contributed by atoms with Gasteiger partial charge in [-0.2, -0.15) is 0 Å². The number of carbonyl (C=O) groups is 1. The van der Waals surface area contributed by atoms with Crippen molar-refractivity contribution in [1.29, 1.82) is 0 Å². The van der Waals surface area contributed by atoms with Crippen LogP contribution in [0.4, 0.5) is 4.79 Å². The van der Waals surface area contributed by atoms with E-state index >= 15 is 0 Å². The number of nitrogens with zero attached hydrogens (tertiary/aromatic N) is 1. The first-order valence-electron chi connectivity index (χ1n) is 7.88. The summed E-state index contributed by atoms with van der Waals surface area (Å²) in [6.07, 6.45) is 1.58. The molecule has 2 amide bonds. The highest BCUT2D eigenvalue weighted by molar-refractivity contribution is 5.74. The number of urea groups is 1. The van der Waals surface area contributed by atoms with Crippen molar-refractivity contribution in [2.45, 2.75) is 38.8 Å². The topological polar surface area (TPSA) is 64.6 Å². The van der Waals surface area contributed by atoms with Crippen LogP contribution in [0, 0.1) is 0 Å². The maximum absolute atomic E-state index is 11.9. The first-order valence-corrected chi connectivity index (χ1v) is 7.88. The first-order chi connectivity index (χ1) is 10.5. The third-order valence-corrected chi connectivity index (χ3v) is 3.79. The summed E-state index contributed by atoms with van der Waals surface area (Å²) in [5.74, 6) is 0. The van der Waals surface area contributed by atoms with Crippen molar-refractivity contribution < 1.29 is 9.90 Å². The van der Waals surface area contributed by atoms with Gasteiger partial charge in [-0.05, 0) is 45.0 Å². The summed E-state index contributed by atoms with van der Waals surface area (Å²) in [4.78, 5) is 14.0. The quantitative estimate of drug-likeness (QED) is 0.687. The summed E-state index contributed by atoms with van der Waals surface area (Å²) in [6.45, 7) is 4.63. The molecule has 0 fully saturated rings. The van der Waals surface area contributed by atoms with Crippen molar-refractivity contribution >= 4 is 6.03 Å². The predicted molar refractivity (Wildman–Crippen MR) is 89.9 cm³/mol. The molecule has 0 aliphatic carbocycles. The van der Waals surface area contributed by atoms with Gasteiger partial charge in [0.05, 0.1) is 6.04 Å². The maximum Gasteiger partial charge on any atom is 0.315 e. The van der Waals surface area contributed by atoms with E-state index < -0.39 is 0 Å². The molecule has 0 heterocycles. The van der Waals surface area contributed by atoms with Gasteiger partial charge in [-0.1, -0.05) is 31.2 Å². The number of aryl methyl sites for hydroxylation is 1. The van der Waals surface area contributed by atoms with Gasteiger partial charge in [0, 0.05) is 19.2 Å². The van der Waals surface area contributed by atoms with Crippen LogP contribution in [0.2, 0.25) is 0 Å². The second kappa shape index (κ2) is 9.43. The van der Waals surface area contributed by atoms with E-state index in [1.807, 2.05) is 21.0 Å². The minimum Gasteiger partial charge on any atom is -0.396 e.